The third-order valence-electron chi connectivity index (χ3n) is 3.89. The van der Waals surface area contributed by atoms with Crippen LogP contribution in [0.2, 0.25) is 0 Å². The van der Waals surface area contributed by atoms with Crippen molar-refractivity contribution in [3.05, 3.63) is 59.9 Å². The first-order valence-corrected chi connectivity index (χ1v) is 7.37. The van der Waals surface area contributed by atoms with Gasteiger partial charge in [0.1, 0.15) is 0 Å². The van der Waals surface area contributed by atoms with Crippen molar-refractivity contribution in [1.29, 1.82) is 0 Å². The Hall–Kier alpha value is -2.30. The average Bonchev–Trinajstić information content (AvgIpc) is 3.13. The Morgan fingerprint density at radius 2 is 1.79 bits per heavy atom. The summed E-state index contributed by atoms with van der Waals surface area (Å²) in [7, 11) is 0. The van der Waals surface area contributed by atoms with Crippen molar-refractivity contribution in [2.24, 2.45) is 0 Å². The Bertz CT molecular complexity index is 996. The summed E-state index contributed by atoms with van der Waals surface area (Å²) >= 11 is 0. The van der Waals surface area contributed by atoms with Crippen LogP contribution < -0.4 is 0 Å². The van der Waals surface area contributed by atoms with E-state index < -0.39 is 0 Å². The second-order valence-corrected chi connectivity index (χ2v) is 5.69. The van der Waals surface area contributed by atoms with E-state index in [4.69, 9.17) is 4.42 Å². The van der Waals surface area contributed by atoms with E-state index in [1.807, 2.05) is 12.3 Å². The predicted molar refractivity (Wildman–Crippen MR) is 87.4 cm³/mol. The molecule has 0 fully saturated rings. The third-order valence-corrected chi connectivity index (χ3v) is 3.89. The molecule has 0 aliphatic rings. The zero-order valence-electron chi connectivity index (χ0n) is 13.5. The van der Waals surface area contributed by atoms with Crippen LogP contribution in [0, 0.1) is 27.0 Å². The number of aryl methyl sites for hydroxylation is 3. The molecule has 0 saturated carbocycles. The predicted octanol–water partition coefficient (Wildman–Crippen LogP) is 3.80. The first-order chi connectivity index (χ1) is 11.1. The fourth-order valence-electron chi connectivity index (χ4n) is 3.06. The maximum atomic E-state index is 5.18. The molecule has 0 atom stereocenters. The van der Waals surface area contributed by atoms with E-state index in [1.165, 1.54) is 23.1 Å². The fourth-order valence-corrected chi connectivity index (χ4v) is 3.06. The first kappa shape index (κ1) is 16.6. The van der Waals surface area contributed by atoms with Gasteiger partial charge >= 0.3 is 0 Å². The molecule has 123 valence electrons. The van der Waals surface area contributed by atoms with Gasteiger partial charge in [0.15, 0.2) is 12.1 Å². The van der Waals surface area contributed by atoms with E-state index in [2.05, 4.69) is 58.6 Å². The van der Waals surface area contributed by atoms with Crippen LogP contribution in [0.1, 0.15) is 16.7 Å². The van der Waals surface area contributed by atoms with E-state index in [1.54, 1.807) is 6.20 Å². The summed E-state index contributed by atoms with van der Waals surface area (Å²) < 4.78 is 7.25. The van der Waals surface area contributed by atoms with E-state index in [9.17, 15) is 0 Å². The molecule has 0 unspecified atom stereocenters. The number of oxazole rings is 1. The molecule has 24 heavy (non-hydrogen) atoms. The summed E-state index contributed by atoms with van der Waals surface area (Å²) in [6, 6.07) is 6.24. The number of benzene rings is 1. The van der Waals surface area contributed by atoms with Gasteiger partial charge in [-0.15, -0.1) is 6.07 Å². The van der Waals surface area contributed by atoms with Gasteiger partial charge < -0.3 is 14.0 Å². The molecule has 1 radical (unpaired) electrons. The standard InChI is InChI=1S/C18H15N4O.Ir/c1-11-6-12(2)16(13(3)7-11)22-5-4-19-17(22)14-8-15-18(20-9-14)23-10-21-15;/h4-8,10H,1-3H3;/q-1;. The molecule has 0 amide bonds. The molecule has 4 aromatic rings. The van der Waals surface area contributed by atoms with Crippen molar-refractivity contribution in [2.45, 2.75) is 20.8 Å². The maximum absolute atomic E-state index is 5.18. The SMILES string of the molecule is Cc1cc(C)c(-n2ccnc2-c2[c-]nc3ocnc3c2)c(C)c1.[Ir]. The molecule has 0 saturated heterocycles. The number of pyridine rings is 1. The number of hydrogen-bond donors (Lipinski definition) is 0. The molecule has 0 spiro atoms. The normalized spacial score (nSPS) is 10.8. The van der Waals surface area contributed by atoms with Crippen LogP contribution in [0.4, 0.5) is 0 Å². The smallest absolute Gasteiger partial charge is 0.170 e. The molecule has 4 rings (SSSR count). The minimum absolute atomic E-state index is 0. The van der Waals surface area contributed by atoms with Gasteiger partial charge in [-0.05, 0) is 38.1 Å². The zero-order chi connectivity index (χ0) is 16.0. The molecular weight excluding hydrogens is 480 g/mol. The number of aromatic nitrogens is 4. The van der Waals surface area contributed by atoms with E-state index in [0.717, 1.165) is 17.1 Å². The van der Waals surface area contributed by atoms with Crippen molar-refractivity contribution >= 4 is 11.2 Å². The molecule has 0 aliphatic carbocycles. The van der Waals surface area contributed by atoms with Gasteiger partial charge in [-0.1, -0.05) is 23.3 Å². The Morgan fingerprint density at radius 1 is 1.04 bits per heavy atom. The number of imidazole rings is 1. The van der Waals surface area contributed by atoms with Crippen molar-refractivity contribution in [3.8, 4) is 17.1 Å². The second kappa shape index (κ2) is 6.30. The summed E-state index contributed by atoms with van der Waals surface area (Å²) in [5.74, 6) is 0.789. The zero-order valence-corrected chi connectivity index (χ0v) is 15.9. The van der Waals surface area contributed by atoms with E-state index in [-0.39, 0.29) is 20.1 Å². The summed E-state index contributed by atoms with van der Waals surface area (Å²) in [4.78, 5) is 12.8. The maximum Gasteiger partial charge on any atom is 0.170 e. The van der Waals surface area contributed by atoms with Gasteiger partial charge in [-0.2, -0.15) is 0 Å². The molecule has 5 nitrogen and oxygen atoms in total. The van der Waals surface area contributed by atoms with Gasteiger partial charge in [0.25, 0.3) is 0 Å². The fraction of sp³-hybridized carbons (Fsp3) is 0.167. The van der Waals surface area contributed by atoms with Gasteiger partial charge in [0.2, 0.25) is 0 Å². The number of nitrogens with zero attached hydrogens (tertiary/aromatic N) is 4. The molecule has 0 N–H and O–H groups in total. The van der Waals surface area contributed by atoms with Gasteiger partial charge in [0, 0.05) is 43.7 Å². The first-order valence-electron chi connectivity index (χ1n) is 7.37. The Labute approximate surface area is 153 Å². The molecule has 0 aliphatic heterocycles. The summed E-state index contributed by atoms with van der Waals surface area (Å²) in [5.41, 5.74) is 6.77. The molecular formula is C18H15IrN4O-. The van der Waals surface area contributed by atoms with Crippen molar-refractivity contribution < 1.29 is 24.5 Å². The van der Waals surface area contributed by atoms with Crippen LogP contribution in [-0.2, 0) is 20.1 Å². The molecule has 1 aromatic carbocycles. The third kappa shape index (κ3) is 2.68. The van der Waals surface area contributed by atoms with Gasteiger partial charge in [-0.25, -0.2) is 4.98 Å². The Balaban J connectivity index is 0.00000169. The minimum atomic E-state index is 0. The largest absolute Gasteiger partial charge is 0.472 e. The average molecular weight is 496 g/mol. The monoisotopic (exact) mass is 496 g/mol. The van der Waals surface area contributed by atoms with Crippen LogP contribution in [0.5, 0.6) is 0 Å². The number of fused-ring (bicyclic) bond motifs is 1. The van der Waals surface area contributed by atoms with Gasteiger partial charge in [-0.3, -0.25) is 4.98 Å². The molecule has 6 heteroatoms. The van der Waals surface area contributed by atoms with Crippen molar-refractivity contribution in [2.75, 3.05) is 0 Å². The van der Waals surface area contributed by atoms with Gasteiger partial charge in [0.05, 0.1) is 5.82 Å². The van der Waals surface area contributed by atoms with E-state index in [0.29, 0.717) is 11.2 Å². The Kier molecular flexibility index (Phi) is 4.35. The summed E-state index contributed by atoms with van der Waals surface area (Å²) in [6.45, 7) is 6.33. The molecule has 3 aromatic heterocycles. The second-order valence-electron chi connectivity index (χ2n) is 5.69. The van der Waals surface area contributed by atoms with Crippen LogP contribution >= 0.6 is 0 Å². The topological polar surface area (TPSA) is 56.7 Å². The summed E-state index contributed by atoms with van der Waals surface area (Å²) in [5, 5.41) is 0. The molecule has 3 heterocycles. The van der Waals surface area contributed by atoms with Crippen LogP contribution in [-0.4, -0.2) is 19.5 Å². The van der Waals surface area contributed by atoms with E-state index >= 15 is 0 Å². The van der Waals surface area contributed by atoms with Crippen LogP contribution in [0.25, 0.3) is 28.3 Å². The van der Waals surface area contributed by atoms with Crippen LogP contribution in [0.3, 0.4) is 0 Å². The number of rotatable bonds is 2. The van der Waals surface area contributed by atoms with Crippen molar-refractivity contribution in [3.63, 3.8) is 0 Å². The van der Waals surface area contributed by atoms with Crippen molar-refractivity contribution in [1.82, 2.24) is 19.5 Å². The quantitative estimate of drug-likeness (QED) is 0.397. The number of hydrogen-bond acceptors (Lipinski definition) is 4. The summed E-state index contributed by atoms with van der Waals surface area (Å²) in [6.07, 6.45) is 8.12. The van der Waals surface area contributed by atoms with Crippen LogP contribution in [0.15, 0.2) is 41.4 Å². The Morgan fingerprint density at radius 3 is 2.54 bits per heavy atom. The minimum Gasteiger partial charge on any atom is -0.472 e. The molecule has 0 bridgehead atoms.